The number of primary amides is 1. The van der Waals surface area contributed by atoms with Gasteiger partial charge in [0.25, 0.3) is 0 Å². The number of nitrogens with one attached hydrogen (secondary N) is 1. The zero-order valence-corrected chi connectivity index (χ0v) is 8.06. The van der Waals surface area contributed by atoms with Crippen molar-refractivity contribution in [1.82, 2.24) is 0 Å². The number of hydrogen-bond acceptors (Lipinski definition) is 3. The lowest BCUT2D eigenvalue weighted by molar-refractivity contribution is -0.122. The normalized spacial score (nSPS) is 9.60. The van der Waals surface area contributed by atoms with Crippen LogP contribution in [0.1, 0.15) is 12.8 Å². The molecule has 0 saturated carbocycles. The van der Waals surface area contributed by atoms with Crippen LogP contribution in [0.5, 0.6) is 5.75 Å². The highest BCUT2D eigenvalue weighted by atomic mass is 16.3. The number of carbonyl (C=O) groups is 2. The third kappa shape index (κ3) is 4.12. The molecule has 0 aromatic heterocycles. The number of rotatable bonds is 4. The highest BCUT2D eigenvalue weighted by molar-refractivity contribution is 5.93. The van der Waals surface area contributed by atoms with Crippen molar-refractivity contribution < 1.29 is 14.7 Å². The predicted octanol–water partition coefficient (Wildman–Crippen LogP) is 0.596. The summed E-state index contributed by atoms with van der Waals surface area (Å²) in [6.07, 6.45) is 0.0651. The Morgan fingerprint density at radius 1 is 1.33 bits per heavy atom. The molecule has 0 heterocycles. The van der Waals surface area contributed by atoms with Crippen LogP contribution in [0.3, 0.4) is 0 Å². The number of amides is 2. The first-order chi connectivity index (χ1) is 7.08. The van der Waals surface area contributed by atoms with Crippen molar-refractivity contribution in [3.63, 3.8) is 0 Å². The summed E-state index contributed by atoms with van der Waals surface area (Å²) in [5.41, 5.74) is 5.39. The first kappa shape index (κ1) is 11.0. The molecule has 0 atom stereocenters. The Morgan fingerprint density at radius 3 is 2.67 bits per heavy atom. The van der Waals surface area contributed by atoms with E-state index in [0.29, 0.717) is 5.69 Å². The van der Waals surface area contributed by atoms with Gasteiger partial charge in [0.05, 0.1) is 0 Å². The molecule has 0 aliphatic heterocycles. The SMILES string of the molecule is NC(=O)CCC(=O)Nc1cccc(O)c1. The molecule has 80 valence electrons. The van der Waals surface area contributed by atoms with Crippen LogP contribution < -0.4 is 11.1 Å². The number of anilines is 1. The van der Waals surface area contributed by atoms with Crippen LogP contribution in [-0.4, -0.2) is 16.9 Å². The summed E-state index contributed by atoms with van der Waals surface area (Å²) in [5.74, 6) is -0.747. The minimum Gasteiger partial charge on any atom is -0.508 e. The van der Waals surface area contributed by atoms with Crippen molar-refractivity contribution in [3.8, 4) is 5.75 Å². The lowest BCUT2D eigenvalue weighted by Gasteiger charge is -2.04. The molecule has 0 spiro atoms. The van der Waals surface area contributed by atoms with Crippen molar-refractivity contribution in [2.24, 2.45) is 5.73 Å². The van der Waals surface area contributed by atoms with Gasteiger partial charge in [-0.15, -0.1) is 0 Å². The van der Waals surface area contributed by atoms with Crippen LogP contribution in [0.15, 0.2) is 24.3 Å². The summed E-state index contributed by atoms with van der Waals surface area (Å²) in [6.45, 7) is 0. The smallest absolute Gasteiger partial charge is 0.224 e. The average molecular weight is 208 g/mol. The Kier molecular flexibility index (Phi) is 3.68. The maximum absolute atomic E-state index is 11.2. The molecular formula is C10H12N2O3. The fourth-order valence-electron chi connectivity index (χ4n) is 1.04. The van der Waals surface area contributed by atoms with E-state index in [9.17, 15) is 9.59 Å². The van der Waals surface area contributed by atoms with Crippen LogP contribution in [0.25, 0.3) is 0 Å². The molecule has 1 aromatic carbocycles. The van der Waals surface area contributed by atoms with E-state index >= 15 is 0 Å². The molecule has 5 heteroatoms. The van der Waals surface area contributed by atoms with Gasteiger partial charge in [-0.25, -0.2) is 0 Å². The van der Waals surface area contributed by atoms with Crippen molar-refractivity contribution in [2.75, 3.05) is 5.32 Å². The van der Waals surface area contributed by atoms with Gasteiger partial charge in [0.1, 0.15) is 5.75 Å². The van der Waals surface area contributed by atoms with Gasteiger partial charge in [-0.2, -0.15) is 0 Å². The molecule has 4 N–H and O–H groups in total. The minimum atomic E-state index is -0.513. The highest BCUT2D eigenvalue weighted by Gasteiger charge is 2.04. The van der Waals surface area contributed by atoms with Gasteiger partial charge < -0.3 is 16.2 Å². The van der Waals surface area contributed by atoms with Gasteiger partial charge >= 0.3 is 0 Å². The summed E-state index contributed by atoms with van der Waals surface area (Å²) in [4.78, 5) is 21.6. The van der Waals surface area contributed by atoms with Crippen molar-refractivity contribution in [3.05, 3.63) is 24.3 Å². The van der Waals surface area contributed by atoms with Gasteiger partial charge in [-0.1, -0.05) is 6.07 Å². The van der Waals surface area contributed by atoms with E-state index in [0.717, 1.165) is 0 Å². The fourth-order valence-corrected chi connectivity index (χ4v) is 1.04. The molecule has 0 bridgehead atoms. The molecule has 0 aliphatic carbocycles. The Bertz CT molecular complexity index is 377. The van der Waals surface area contributed by atoms with Crippen LogP contribution in [0, 0.1) is 0 Å². The van der Waals surface area contributed by atoms with Gasteiger partial charge in [0, 0.05) is 24.6 Å². The van der Waals surface area contributed by atoms with E-state index in [4.69, 9.17) is 10.8 Å². The monoisotopic (exact) mass is 208 g/mol. The maximum atomic E-state index is 11.2. The number of benzene rings is 1. The zero-order chi connectivity index (χ0) is 11.3. The first-order valence-corrected chi connectivity index (χ1v) is 4.45. The van der Waals surface area contributed by atoms with Crippen LogP contribution in [0.2, 0.25) is 0 Å². The first-order valence-electron chi connectivity index (χ1n) is 4.45. The van der Waals surface area contributed by atoms with Gasteiger partial charge in [0.2, 0.25) is 11.8 Å². The number of hydrogen-bond donors (Lipinski definition) is 3. The second-order valence-corrected chi connectivity index (χ2v) is 3.06. The molecule has 1 aromatic rings. The number of phenolic OH excluding ortho intramolecular Hbond substituents is 1. The van der Waals surface area contributed by atoms with Crippen molar-refractivity contribution in [1.29, 1.82) is 0 Å². The fraction of sp³-hybridized carbons (Fsp3) is 0.200. The maximum Gasteiger partial charge on any atom is 0.224 e. The Labute approximate surface area is 86.9 Å². The minimum absolute atomic E-state index is 0.0185. The molecule has 5 nitrogen and oxygen atoms in total. The highest BCUT2D eigenvalue weighted by Crippen LogP contribution is 2.15. The van der Waals surface area contributed by atoms with E-state index in [1.165, 1.54) is 12.1 Å². The van der Waals surface area contributed by atoms with E-state index in [2.05, 4.69) is 5.32 Å². The summed E-state index contributed by atoms with van der Waals surface area (Å²) >= 11 is 0. The summed E-state index contributed by atoms with van der Waals surface area (Å²) in [7, 11) is 0. The third-order valence-corrected chi connectivity index (χ3v) is 1.73. The third-order valence-electron chi connectivity index (χ3n) is 1.73. The van der Waals surface area contributed by atoms with E-state index in [-0.39, 0.29) is 24.5 Å². The van der Waals surface area contributed by atoms with Gasteiger partial charge in [-0.3, -0.25) is 9.59 Å². The Balaban J connectivity index is 2.48. The second-order valence-electron chi connectivity index (χ2n) is 3.06. The number of aromatic hydroxyl groups is 1. The molecule has 0 unspecified atom stereocenters. The van der Waals surface area contributed by atoms with Gasteiger partial charge in [-0.05, 0) is 12.1 Å². The molecule has 0 radical (unpaired) electrons. The van der Waals surface area contributed by atoms with Crippen LogP contribution in [-0.2, 0) is 9.59 Å². The molecular weight excluding hydrogens is 196 g/mol. The summed E-state index contributed by atoms with van der Waals surface area (Å²) in [5, 5.41) is 11.7. The topological polar surface area (TPSA) is 92.4 Å². The van der Waals surface area contributed by atoms with Gasteiger partial charge in [0.15, 0.2) is 0 Å². The molecule has 0 fully saturated rings. The Hall–Kier alpha value is -2.04. The van der Waals surface area contributed by atoms with Crippen LogP contribution >= 0.6 is 0 Å². The number of phenols is 1. The molecule has 0 aliphatic rings. The largest absolute Gasteiger partial charge is 0.508 e. The summed E-state index contributed by atoms with van der Waals surface area (Å²) < 4.78 is 0. The number of carbonyl (C=O) groups excluding carboxylic acids is 2. The second kappa shape index (κ2) is 4.99. The lowest BCUT2D eigenvalue weighted by Crippen LogP contribution is -2.17. The van der Waals surface area contributed by atoms with Crippen molar-refractivity contribution in [2.45, 2.75) is 12.8 Å². The zero-order valence-electron chi connectivity index (χ0n) is 8.06. The standard InChI is InChI=1S/C10H12N2O3/c11-9(14)4-5-10(15)12-7-2-1-3-8(13)6-7/h1-3,6,13H,4-5H2,(H2,11,14)(H,12,15). The quantitative estimate of drug-likeness (QED) is 0.676. The summed E-state index contributed by atoms with van der Waals surface area (Å²) in [6, 6.07) is 6.17. The van der Waals surface area contributed by atoms with E-state index in [1.54, 1.807) is 12.1 Å². The predicted molar refractivity (Wildman–Crippen MR) is 55.2 cm³/mol. The molecule has 15 heavy (non-hydrogen) atoms. The van der Waals surface area contributed by atoms with E-state index < -0.39 is 5.91 Å². The molecule has 0 saturated heterocycles. The van der Waals surface area contributed by atoms with Crippen molar-refractivity contribution >= 4 is 17.5 Å². The number of nitrogens with two attached hydrogens (primary N) is 1. The Morgan fingerprint density at radius 2 is 2.07 bits per heavy atom. The molecule has 1 rings (SSSR count). The van der Waals surface area contributed by atoms with Crippen LogP contribution in [0.4, 0.5) is 5.69 Å². The lowest BCUT2D eigenvalue weighted by atomic mass is 10.2. The van der Waals surface area contributed by atoms with E-state index in [1.807, 2.05) is 0 Å². The average Bonchev–Trinajstić information content (AvgIpc) is 2.15. The molecule has 2 amide bonds.